The van der Waals surface area contributed by atoms with E-state index in [4.69, 9.17) is 9.47 Å². The molecule has 0 fully saturated rings. The molecule has 4 rings (SSSR count). The van der Waals surface area contributed by atoms with Gasteiger partial charge in [0.05, 0.1) is 31.2 Å². The number of anilines is 5. The minimum Gasteiger partial charge on any atom is -0.744 e. The summed E-state index contributed by atoms with van der Waals surface area (Å²) in [4.78, 5) is 24.2. The van der Waals surface area contributed by atoms with Crippen LogP contribution in [0.25, 0.3) is 12.2 Å². The number of hydrogen-bond acceptors (Lipinski definition) is 22. The quantitative estimate of drug-likeness (QED) is 0.0116. The molecule has 26 heteroatoms. The van der Waals surface area contributed by atoms with Crippen molar-refractivity contribution in [3.63, 3.8) is 0 Å². The van der Waals surface area contributed by atoms with Crippen LogP contribution in [0, 0.1) is 18.2 Å². The Morgan fingerprint density at radius 3 is 1.96 bits per heavy atom. The average molecular weight is 788 g/mol. The van der Waals surface area contributed by atoms with Crippen LogP contribution in [-0.4, -0.2) is 57.1 Å². The number of nitrogens with zero attached hydrogens (tertiary/aromatic N) is 6. The van der Waals surface area contributed by atoms with E-state index in [9.17, 15) is 23.5 Å². The first-order valence-corrected chi connectivity index (χ1v) is 15.5. The molecular weight excluding hydrogens is 767 g/mol. The molecule has 0 atom stereocenters. The fourth-order valence-electron chi connectivity index (χ4n) is 3.57. The maximum Gasteiger partial charge on any atom is 1.00 e. The smallest absolute Gasteiger partial charge is 0.744 e. The molecule has 2 aromatic carbocycles. The van der Waals surface area contributed by atoms with Crippen molar-refractivity contribution in [2.75, 3.05) is 30.2 Å². The maximum absolute atomic E-state index is 12.2. The first-order valence-electron chi connectivity index (χ1n) is 12.7. The number of ether oxygens (including phenoxy) is 2. The SMILES string of the molecule is COc1nc(C)nc(Nc2ccc(C=Cc3ccc(Nc4nc(NC#CSOO[O-])nc(OC)n4)cc3SOO[O-])c(S(=O)(=O)[O-])c2)n1.[Na+].[Na+].[Na+]. The number of aryl methyl sites for hydroxylation is 1. The van der Waals surface area contributed by atoms with E-state index in [1.54, 1.807) is 19.1 Å². The summed E-state index contributed by atoms with van der Waals surface area (Å²) in [6.45, 7) is 1.61. The molecule has 20 nitrogen and oxygen atoms in total. The number of nitrogens with one attached hydrogen (secondary N) is 3. The van der Waals surface area contributed by atoms with Gasteiger partial charge in [-0.05, 0) is 42.3 Å². The van der Waals surface area contributed by atoms with Crippen molar-refractivity contribution in [1.29, 1.82) is 0 Å². The molecule has 3 N–H and O–H groups in total. The third-order valence-corrected chi connectivity index (χ3v) is 7.30. The molecule has 0 radical (unpaired) electrons. The van der Waals surface area contributed by atoms with E-state index < -0.39 is 15.0 Å². The summed E-state index contributed by atoms with van der Waals surface area (Å²) in [5.74, 6) is 0.410. The van der Waals surface area contributed by atoms with Gasteiger partial charge in [-0.3, -0.25) is 15.4 Å². The van der Waals surface area contributed by atoms with E-state index >= 15 is 0 Å². The van der Waals surface area contributed by atoms with E-state index in [-0.39, 0.29) is 130 Å². The normalized spacial score (nSPS) is 10.5. The molecule has 2 aromatic heterocycles. The standard InChI is InChI=1S/C25H23N9O11S3.3Na/c1-14-27-22(33-24(28-14)40-2)30-18-9-7-16(20(13-18)48(37,38)39)5-4-15-6-8-17(12-19(15)47-45-43-36)29-23-31-21(32-25(34-23)41-3)26-10-11-46-44-42-35;;;/h4-9,12-13,35-36H,1-3H3,(H,37,38,39)(H,27,28,30,33)(H2,26,29,31,32,34);;;/q;3*+1/p-3. The summed E-state index contributed by atoms with van der Waals surface area (Å²) in [5, 5.41) is 37.8. The molecule has 0 aliphatic carbocycles. The molecule has 0 unspecified atom stereocenters. The first-order chi connectivity index (χ1) is 23.1. The Hall–Kier alpha value is -1.87. The van der Waals surface area contributed by atoms with Crippen molar-refractivity contribution in [2.45, 2.75) is 16.7 Å². The van der Waals surface area contributed by atoms with Gasteiger partial charge in [0, 0.05) is 27.6 Å². The van der Waals surface area contributed by atoms with Crippen LogP contribution in [-0.2, 0) is 28.9 Å². The number of hydrogen-bond donors (Lipinski definition) is 3. The zero-order chi connectivity index (χ0) is 34.5. The fraction of sp³-hybridized carbons (Fsp3) is 0.120. The van der Waals surface area contributed by atoms with Gasteiger partial charge in [0.1, 0.15) is 28.0 Å². The van der Waals surface area contributed by atoms with E-state index in [0.717, 1.165) is 6.07 Å². The molecule has 0 aliphatic heterocycles. The predicted octanol–water partition coefficient (Wildman–Crippen LogP) is -7.61. The Balaban J connectivity index is 0.00000433. The molecule has 0 amide bonds. The van der Waals surface area contributed by atoms with Crippen LogP contribution in [0.15, 0.2) is 46.2 Å². The van der Waals surface area contributed by atoms with Gasteiger partial charge >= 0.3 is 101 Å². The van der Waals surface area contributed by atoms with E-state index in [2.05, 4.69) is 75.9 Å². The van der Waals surface area contributed by atoms with Crippen LogP contribution in [0.1, 0.15) is 17.0 Å². The van der Waals surface area contributed by atoms with Crippen molar-refractivity contribution in [3.05, 3.63) is 53.3 Å². The van der Waals surface area contributed by atoms with Crippen LogP contribution < -0.4 is 125 Å². The summed E-state index contributed by atoms with van der Waals surface area (Å²) in [6.07, 6.45) is 2.88. The third-order valence-electron chi connectivity index (χ3n) is 5.44. The average Bonchev–Trinajstić information content (AvgIpc) is 3.06. The summed E-state index contributed by atoms with van der Waals surface area (Å²) in [6, 6.07) is 11.2. The molecule has 0 saturated heterocycles. The van der Waals surface area contributed by atoms with Crippen LogP contribution in [0.2, 0.25) is 0 Å². The summed E-state index contributed by atoms with van der Waals surface area (Å²) < 4.78 is 55.2. The topological polar surface area (TPSA) is 272 Å². The van der Waals surface area contributed by atoms with E-state index in [0.29, 0.717) is 46.1 Å². The molecule has 252 valence electrons. The van der Waals surface area contributed by atoms with E-state index in [1.807, 2.05) is 0 Å². The molecule has 51 heavy (non-hydrogen) atoms. The molecule has 0 aliphatic rings. The van der Waals surface area contributed by atoms with Crippen LogP contribution in [0.5, 0.6) is 12.0 Å². The first kappa shape index (κ1) is 47.2. The van der Waals surface area contributed by atoms with Crippen LogP contribution in [0.3, 0.4) is 0 Å². The molecule has 4 aromatic rings. The van der Waals surface area contributed by atoms with Crippen molar-refractivity contribution in [3.8, 4) is 23.3 Å². The number of benzene rings is 2. The second-order valence-electron chi connectivity index (χ2n) is 8.50. The van der Waals surface area contributed by atoms with Gasteiger partial charge in [-0.25, -0.2) is 8.42 Å². The van der Waals surface area contributed by atoms with Gasteiger partial charge in [-0.2, -0.15) is 38.6 Å². The Labute approximate surface area is 365 Å². The summed E-state index contributed by atoms with van der Waals surface area (Å²) in [5.41, 5.74) is 1.10. The second-order valence-corrected chi connectivity index (χ2v) is 11.1. The predicted molar refractivity (Wildman–Crippen MR) is 163 cm³/mol. The van der Waals surface area contributed by atoms with E-state index in [1.165, 1.54) is 44.6 Å². The molecular formula is C25H20N9Na3O11S3. The van der Waals surface area contributed by atoms with Crippen molar-refractivity contribution in [1.82, 2.24) is 29.9 Å². The largest absolute Gasteiger partial charge is 1.00 e. The summed E-state index contributed by atoms with van der Waals surface area (Å²) >= 11 is 0.971. The molecule has 0 bridgehead atoms. The van der Waals surface area contributed by atoms with Gasteiger partial charge in [0.2, 0.25) is 17.8 Å². The fourth-order valence-corrected chi connectivity index (χ4v) is 4.93. The molecule has 0 spiro atoms. The third kappa shape index (κ3) is 15.2. The zero-order valence-electron chi connectivity index (χ0n) is 27.5. The Kier molecular flexibility index (Phi) is 21.9. The van der Waals surface area contributed by atoms with Crippen LogP contribution in [0.4, 0.5) is 29.2 Å². The zero-order valence-corrected chi connectivity index (χ0v) is 36.0. The summed E-state index contributed by atoms with van der Waals surface area (Å²) in [7, 11) is -2.24. The Bertz CT molecular complexity index is 1960. The van der Waals surface area contributed by atoms with Gasteiger partial charge < -0.3 is 35.2 Å². The molecule has 0 saturated carbocycles. The monoisotopic (exact) mass is 787 g/mol. The minimum atomic E-state index is -4.95. The number of rotatable bonds is 15. The minimum absolute atomic E-state index is 0. The van der Waals surface area contributed by atoms with Crippen LogP contribution >= 0.6 is 24.1 Å². The van der Waals surface area contributed by atoms with Gasteiger partial charge in [-0.1, -0.05) is 24.3 Å². The second kappa shape index (κ2) is 23.7. The van der Waals surface area contributed by atoms with Crippen molar-refractivity contribution in [2.24, 2.45) is 0 Å². The molecule has 2 heterocycles. The van der Waals surface area contributed by atoms with Gasteiger partial charge in [0.15, 0.2) is 0 Å². The maximum atomic E-state index is 12.2. The van der Waals surface area contributed by atoms with Crippen molar-refractivity contribution >= 4 is 75.6 Å². The Morgan fingerprint density at radius 1 is 0.765 bits per heavy atom. The van der Waals surface area contributed by atoms with Crippen molar-refractivity contribution < 1.29 is 140 Å². The van der Waals surface area contributed by atoms with Gasteiger partial charge in [0.25, 0.3) is 0 Å². The number of methoxy groups -OCH3 is 2. The number of aromatic nitrogens is 6. The van der Waals surface area contributed by atoms with Gasteiger partial charge in [-0.15, -0.1) is 0 Å². The Morgan fingerprint density at radius 2 is 1.33 bits per heavy atom.